The number of carboxylic acid groups (broad SMARTS) is 1. The fourth-order valence-corrected chi connectivity index (χ4v) is 1.61. The first-order valence-corrected chi connectivity index (χ1v) is 5.64. The van der Waals surface area contributed by atoms with Crippen LogP contribution in [0, 0.1) is 5.92 Å². The van der Waals surface area contributed by atoms with Gasteiger partial charge in [-0.05, 0) is 18.9 Å². The third-order valence-corrected chi connectivity index (χ3v) is 2.68. The highest BCUT2D eigenvalue weighted by atomic mass is 16.4. The first kappa shape index (κ1) is 13.2. The molecule has 1 unspecified atom stereocenters. The minimum Gasteiger partial charge on any atom is -0.481 e. The summed E-state index contributed by atoms with van der Waals surface area (Å²) < 4.78 is 0. The Morgan fingerprint density at radius 2 is 1.88 bits per heavy atom. The van der Waals surface area contributed by atoms with E-state index in [4.69, 9.17) is 5.11 Å². The van der Waals surface area contributed by atoms with Gasteiger partial charge in [0.25, 0.3) is 0 Å². The van der Waals surface area contributed by atoms with Gasteiger partial charge in [0.2, 0.25) is 5.91 Å². The lowest BCUT2D eigenvalue weighted by Crippen LogP contribution is -2.36. The molecule has 17 heavy (non-hydrogen) atoms. The average molecular weight is 235 g/mol. The molecule has 0 aliphatic rings. The Balaban J connectivity index is 2.66. The van der Waals surface area contributed by atoms with Crippen LogP contribution in [-0.2, 0) is 9.59 Å². The van der Waals surface area contributed by atoms with E-state index >= 15 is 0 Å². The molecule has 92 valence electrons. The molecule has 0 radical (unpaired) electrons. The largest absolute Gasteiger partial charge is 0.481 e. The van der Waals surface area contributed by atoms with E-state index in [1.165, 1.54) is 0 Å². The average Bonchev–Trinajstić information content (AvgIpc) is 2.30. The van der Waals surface area contributed by atoms with Crippen molar-refractivity contribution >= 4 is 11.9 Å². The van der Waals surface area contributed by atoms with Gasteiger partial charge in [0.1, 0.15) is 5.92 Å². The third kappa shape index (κ3) is 3.59. The molecule has 4 heteroatoms. The molecule has 1 aromatic rings. The number of amides is 1. The molecular weight excluding hydrogens is 218 g/mol. The van der Waals surface area contributed by atoms with E-state index in [9.17, 15) is 9.59 Å². The number of hydrogen-bond acceptors (Lipinski definition) is 2. The number of carbonyl (C=O) groups is 2. The summed E-state index contributed by atoms with van der Waals surface area (Å²) in [5, 5.41) is 11.6. The summed E-state index contributed by atoms with van der Waals surface area (Å²) in [5.74, 6) is -2.48. The standard InChI is InChI=1S/C13H17NO3/c1-3-11(13(16)17)12(15)14-9(2)10-7-5-4-6-8-10/h4-9,11H,3H2,1-2H3,(H,14,15)(H,16,17)/t9-,11?/m0/s1. The molecule has 0 saturated carbocycles. The van der Waals surface area contributed by atoms with E-state index in [1.807, 2.05) is 37.3 Å². The number of aliphatic carboxylic acids is 1. The van der Waals surface area contributed by atoms with Crippen LogP contribution in [0.5, 0.6) is 0 Å². The van der Waals surface area contributed by atoms with E-state index < -0.39 is 17.8 Å². The Kier molecular flexibility index (Phi) is 4.69. The quantitative estimate of drug-likeness (QED) is 0.767. The summed E-state index contributed by atoms with van der Waals surface area (Å²) in [6.45, 7) is 3.52. The summed E-state index contributed by atoms with van der Waals surface area (Å²) in [7, 11) is 0. The maximum absolute atomic E-state index is 11.7. The normalized spacial score (nSPS) is 13.8. The van der Waals surface area contributed by atoms with E-state index in [0.717, 1.165) is 5.56 Å². The van der Waals surface area contributed by atoms with Gasteiger partial charge < -0.3 is 10.4 Å². The molecule has 0 aliphatic carbocycles. The van der Waals surface area contributed by atoms with Gasteiger partial charge in [0, 0.05) is 0 Å². The highest BCUT2D eigenvalue weighted by Gasteiger charge is 2.25. The van der Waals surface area contributed by atoms with E-state index in [1.54, 1.807) is 6.92 Å². The highest BCUT2D eigenvalue weighted by Crippen LogP contribution is 2.13. The lowest BCUT2D eigenvalue weighted by atomic mass is 10.0. The monoisotopic (exact) mass is 235 g/mol. The zero-order valence-electron chi connectivity index (χ0n) is 10.0. The fraction of sp³-hybridized carbons (Fsp3) is 0.385. The molecule has 1 rings (SSSR count). The van der Waals surface area contributed by atoms with Crippen LogP contribution in [0.1, 0.15) is 31.9 Å². The smallest absolute Gasteiger partial charge is 0.316 e. The van der Waals surface area contributed by atoms with Crippen LogP contribution in [0.4, 0.5) is 0 Å². The topological polar surface area (TPSA) is 66.4 Å². The van der Waals surface area contributed by atoms with Crippen molar-refractivity contribution in [2.24, 2.45) is 5.92 Å². The second-order valence-electron chi connectivity index (χ2n) is 3.94. The Morgan fingerprint density at radius 3 is 2.35 bits per heavy atom. The molecule has 0 heterocycles. The van der Waals surface area contributed by atoms with Crippen LogP contribution in [0.2, 0.25) is 0 Å². The zero-order valence-corrected chi connectivity index (χ0v) is 10.0. The van der Waals surface area contributed by atoms with Crippen LogP contribution in [-0.4, -0.2) is 17.0 Å². The minimum atomic E-state index is -1.08. The van der Waals surface area contributed by atoms with Gasteiger partial charge in [-0.15, -0.1) is 0 Å². The van der Waals surface area contributed by atoms with Crippen LogP contribution in [0.25, 0.3) is 0 Å². The van der Waals surface area contributed by atoms with Crippen molar-refractivity contribution in [3.8, 4) is 0 Å². The Morgan fingerprint density at radius 1 is 1.29 bits per heavy atom. The van der Waals surface area contributed by atoms with Crippen molar-refractivity contribution < 1.29 is 14.7 Å². The fourth-order valence-electron chi connectivity index (χ4n) is 1.61. The van der Waals surface area contributed by atoms with Gasteiger partial charge in [-0.1, -0.05) is 37.3 Å². The van der Waals surface area contributed by atoms with Crippen LogP contribution < -0.4 is 5.32 Å². The lowest BCUT2D eigenvalue weighted by molar-refractivity contribution is -0.147. The molecule has 0 saturated heterocycles. The number of carbonyl (C=O) groups excluding carboxylic acids is 1. The van der Waals surface area contributed by atoms with Gasteiger partial charge in [-0.2, -0.15) is 0 Å². The number of hydrogen-bond donors (Lipinski definition) is 2. The van der Waals surface area contributed by atoms with E-state index in [0.29, 0.717) is 6.42 Å². The number of nitrogens with one attached hydrogen (secondary N) is 1. The van der Waals surface area contributed by atoms with Crippen molar-refractivity contribution in [1.29, 1.82) is 0 Å². The molecule has 0 spiro atoms. The molecule has 0 aromatic heterocycles. The summed E-state index contributed by atoms with van der Waals surface area (Å²) in [6.07, 6.45) is 0.294. The predicted octanol–water partition coefficient (Wildman–Crippen LogP) is 1.97. The minimum absolute atomic E-state index is 0.183. The van der Waals surface area contributed by atoms with Gasteiger partial charge >= 0.3 is 5.97 Å². The molecule has 2 atom stereocenters. The first-order chi connectivity index (χ1) is 8.06. The SMILES string of the molecule is CCC(C(=O)O)C(=O)N[C@@H](C)c1ccccc1. The molecular formula is C13H17NO3. The van der Waals surface area contributed by atoms with E-state index in [2.05, 4.69) is 5.32 Å². The Bertz CT molecular complexity index is 389. The van der Waals surface area contributed by atoms with Crippen molar-refractivity contribution in [3.63, 3.8) is 0 Å². The maximum atomic E-state index is 11.7. The van der Waals surface area contributed by atoms with Crippen molar-refractivity contribution in [3.05, 3.63) is 35.9 Å². The Hall–Kier alpha value is -1.84. The van der Waals surface area contributed by atoms with Crippen LogP contribution in [0.3, 0.4) is 0 Å². The first-order valence-electron chi connectivity index (χ1n) is 5.64. The Labute approximate surface area is 101 Å². The zero-order chi connectivity index (χ0) is 12.8. The second-order valence-corrected chi connectivity index (χ2v) is 3.94. The van der Waals surface area contributed by atoms with E-state index in [-0.39, 0.29) is 6.04 Å². The summed E-state index contributed by atoms with van der Waals surface area (Å²) in [6, 6.07) is 9.26. The molecule has 0 bridgehead atoms. The summed E-state index contributed by atoms with van der Waals surface area (Å²) >= 11 is 0. The van der Waals surface area contributed by atoms with Crippen LogP contribution in [0.15, 0.2) is 30.3 Å². The third-order valence-electron chi connectivity index (χ3n) is 2.68. The highest BCUT2D eigenvalue weighted by molar-refractivity contribution is 5.96. The number of rotatable bonds is 5. The van der Waals surface area contributed by atoms with Crippen molar-refractivity contribution in [2.75, 3.05) is 0 Å². The van der Waals surface area contributed by atoms with Gasteiger partial charge in [0.05, 0.1) is 6.04 Å². The molecule has 1 aromatic carbocycles. The molecule has 4 nitrogen and oxygen atoms in total. The molecule has 2 N–H and O–H groups in total. The van der Waals surface area contributed by atoms with Crippen molar-refractivity contribution in [2.45, 2.75) is 26.3 Å². The molecule has 0 fully saturated rings. The summed E-state index contributed by atoms with van der Waals surface area (Å²) in [5.41, 5.74) is 0.959. The van der Waals surface area contributed by atoms with Crippen molar-refractivity contribution in [1.82, 2.24) is 5.32 Å². The van der Waals surface area contributed by atoms with Gasteiger partial charge in [-0.25, -0.2) is 0 Å². The number of carboxylic acids is 1. The maximum Gasteiger partial charge on any atom is 0.316 e. The number of benzene rings is 1. The van der Waals surface area contributed by atoms with Gasteiger partial charge in [-0.3, -0.25) is 9.59 Å². The second kappa shape index (κ2) is 6.03. The molecule has 0 aliphatic heterocycles. The predicted molar refractivity (Wildman–Crippen MR) is 64.4 cm³/mol. The summed E-state index contributed by atoms with van der Waals surface area (Å²) in [4.78, 5) is 22.5. The lowest BCUT2D eigenvalue weighted by Gasteiger charge is -2.17. The van der Waals surface area contributed by atoms with Gasteiger partial charge in [0.15, 0.2) is 0 Å². The molecule has 1 amide bonds. The van der Waals surface area contributed by atoms with Crippen LogP contribution >= 0.6 is 0 Å².